The highest BCUT2D eigenvalue weighted by atomic mass is 79.9. The van der Waals surface area contributed by atoms with E-state index in [-0.39, 0.29) is 23.6 Å². The molecule has 0 radical (unpaired) electrons. The molecule has 4 nitrogen and oxygen atoms in total. The van der Waals surface area contributed by atoms with Crippen LogP contribution in [0, 0.1) is 6.92 Å². The second kappa shape index (κ2) is 6.13. The van der Waals surface area contributed by atoms with Gasteiger partial charge in [-0.25, -0.2) is 8.42 Å². The fourth-order valence-electron chi connectivity index (χ4n) is 2.70. The molecule has 1 aromatic rings. The molecule has 0 bridgehead atoms. The van der Waals surface area contributed by atoms with Crippen molar-refractivity contribution in [3.8, 4) is 0 Å². The molecule has 2 atom stereocenters. The Kier molecular flexibility index (Phi) is 4.89. The van der Waals surface area contributed by atoms with Crippen LogP contribution in [0.2, 0.25) is 0 Å². The van der Waals surface area contributed by atoms with Gasteiger partial charge in [0, 0.05) is 23.1 Å². The van der Waals surface area contributed by atoms with Gasteiger partial charge in [0.2, 0.25) is 0 Å². The predicted molar refractivity (Wildman–Crippen MR) is 85.5 cm³/mol. The minimum absolute atomic E-state index is 0.0465. The molecule has 1 aliphatic heterocycles. The highest BCUT2D eigenvalue weighted by Gasteiger charge is 2.33. The Hall–Kier alpha value is -0.430. The maximum absolute atomic E-state index is 11.6. The molecule has 2 rings (SSSR count). The van der Waals surface area contributed by atoms with Gasteiger partial charge in [0.15, 0.2) is 9.84 Å². The maximum atomic E-state index is 11.6. The Morgan fingerprint density at radius 1 is 1.50 bits per heavy atom. The lowest BCUT2D eigenvalue weighted by molar-refractivity contribution is 0.192. The standard InChI is InChI=1S/C14H21BrN2O2S/c1-10-3-4-11(7-13(10)15)14(8-16)17(2)12-5-6-20(18,19)9-12/h3-4,7,12,14H,5-6,8-9,16H2,1-2H3. The molecule has 1 aliphatic rings. The first-order chi connectivity index (χ1) is 9.34. The van der Waals surface area contributed by atoms with Gasteiger partial charge < -0.3 is 5.73 Å². The summed E-state index contributed by atoms with van der Waals surface area (Å²) in [5, 5.41) is 0. The first-order valence-electron chi connectivity index (χ1n) is 6.72. The molecule has 0 aromatic heterocycles. The van der Waals surface area contributed by atoms with E-state index in [0.717, 1.165) is 10.0 Å². The number of rotatable bonds is 4. The van der Waals surface area contributed by atoms with E-state index in [1.165, 1.54) is 5.56 Å². The minimum Gasteiger partial charge on any atom is -0.329 e. The summed E-state index contributed by atoms with van der Waals surface area (Å²) in [5.41, 5.74) is 8.22. The number of hydrogen-bond donors (Lipinski definition) is 1. The number of nitrogens with zero attached hydrogens (tertiary/aromatic N) is 1. The molecule has 112 valence electrons. The summed E-state index contributed by atoms with van der Waals surface area (Å²) in [6, 6.07) is 6.31. The number of likely N-dealkylation sites (N-methyl/N-ethyl adjacent to an activating group) is 1. The van der Waals surface area contributed by atoms with Crippen molar-refractivity contribution in [3.63, 3.8) is 0 Å². The van der Waals surface area contributed by atoms with Crippen molar-refractivity contribution in [2.45, 2.75) is 25.4 Å². The van der Waals surface area contributed by atoms with Crippen LogP contribution in [0.15, 0.2) is 22.7 Å². The van der Waals surface area contributed by atoms with Crippen LogP contribution >= 0.6 is 15.9 Å². The van der Waals surface area contributed by atoms with Crippen LogP contribution < -0.4 is 5.73 Å². The van der Waals surface area contributed by atoms with Gasteiger partial charge in [-0.2, -0.15) is 0 Å². The third kappa shape index (κ3) is 3.42. The van der Waals surface area contributed by atoms with Gasteiger partial charge in [-0.3, -0.25) is 4.90 Å². The zero-order valence-corrected chi connectivity index (χ0v) is 14.2. The SMILES string of the molecule is Cc1ccc(C(CN)N(C)C2CCS(=O)(=O)C2)cc1Br. The summed E-state index contributed by atoms with van der Waals surface area (Å²) in [4.78, 5) is 2.11. The van der Waals surface area contributed by atoms with Crippen LogP contribution in [0.1, 0.15) is 23.6 Å². The Bertz CT molecular complexity index is 589. The lowest BCUT2D eigenvalue weighted by Gasteiger charge is -2.32. The van der Waals surface area contributed by atoms with E-state index in [0.29, 0.717) is 13.0 Å². The average Bonchev–Trinajstić information content (AvgIpc) is 2.75. The molecular weight excluding hydrogens is 340 g/mol. The monoisotopic (exact) mass is 360 g/mol. The zero-order valence-electron chi connectivity index (χ0n) is 11.8. The van der Waals surface area contributed by atoms with Crippen LogP contribution in [-0.2, 0) is 9.84 Å². The molecule has 0 aliphatic carbocycles. The summed E-state index contributed by atoms with van der Waals surface area (Å²) in [6.07, 6.45) is 0.697. The van der Waals surface area contributed by atoms with Crippen LogP contribution in [0.3, 0.4) is 0 Å². The van der Waals surface area contributed by atoms with Crippen molar-refractivity contribution in [3.05, 3.63) is 33.8 Å². The van der Waals surface area contributed by atoms with Gasteiger partial charge in [0.05, 0.1) is 11.5 Å². The molecule has 0 amide bonds. The lowest BCUT2D eigenvalue weighted by atomic mass is 10.0. The summed E-state index contributed by atoms with van der Waals surface area (Å²) in [7, 11) is -0.902. The average molecular weight is 361 g/mol. The summed E-state index contributed by atoms with van der Waals surface area (Å²) >= 11 is 3.54. The summed E-state index contributed by atoms with van der Waals surface area (Å²) in [6.45, 7) is 2.52. The molecule has 1 aromatic carbocycles. The topological polar surface area (TPSA) is 63.4 Å². The van der Waals surface area contributed by atoms with Gasteiger partial charge in [0.1, 0.15) is 0 Å². The van der Waals surface area contributed by atoms with E-state index in [1.54, 1.807) is 0 Å². The highest BCUT2D eigenvalue weighted by molar-refractivity contribution is 9.10. The number of benzene rings is 1. The number of halogens is 1. The fourth-order valence-corrected chi connectivity index (χ4v) is 4.89. The second-order valence-corrected chi connectivity index (χ2v) is 8.57. The zero-order chi connectivity index (χ0) is 14.9. The van der Waals surface area contributed by atoms with E-state index in [2.05, 4.69) is 39.0 Å². The first kappa shape index (κ1) is 15.9. The molecule has 0 spiro atoms. The predicted octanol–water partition coefficient (Wildman–Crippen LogP) is 1.88. The first-order valence-corrected chi connectivity index (χ1v) is 9.34. The third-order valence-corrected chi connectivity index (χ3v) is 6.68. The normalized spacial score (nSPS) is 23.1. The highest BCUT2D eigenvalue weighted by Crippen LogP contribution is 2.28. The van der Waals surface area contributed by atoms with E-state index in [4.69, 9.17) is 5.73 Å². The molecule has 1 fully saturated rings. The van der Waals surface area contributed by atoms with Crippen LogP contribution in [0.5, 0.6) is 0 Å². The molecule has 20 heavy (non-hydrogen) atoms. The van der Waals surface area contributed by atoms with Crippen LogP contribution in [0.4, 0.5) is 0 Å². The molecular formula is C14H21BrN2O2S. The second-order valence-electron chi connectivity index (χ2n) is 5.48. The van der Waals surface area contributed by atoms with Crippen LogP contribution in [0.25, 0.3) is 0 Å². The van der Waals surface area contributed by atoms with Gasteiger partial charge in [-0.1, -0.05) is 28.1 Å². The van der Waals surface area contributed by atoms with E-state index in [9.17, 15) is 8.42 Å². The Labute approximate surface area is 129 Å². The molecule has 1 saturated heterocycles. The number of nitrogens with two attached hydrogens (primary N) is 1. The van der Waals surface area contributed by atoms with Crippen molar-refractivity contribution in [1.29, 1.82) is 0 Å². The van der Waals surface area contributed by atoms with Crippen molar-refractivity contribution >= 4 is 25.8 Å². The van der Waals surface area contributed by atoms with Crippen molar-refractivity contribution in [2.24, 2.45) is 5.73 Å². The molecule has 2 N–H and O–H groups in total. The van der Waals surface area contributed by atoms with Gasteiger partial charge >= 0.3 is 0 Å². The molecule has 2 unspecified atom stereocenters. The van der Waals surface area contributed by atoms with E-state index in [1.807, 2.05) is 14.0 Å². The van der Waals surface area contributed by atoms with Crippen molar-refractivity contribution in [2.75, 3.05) is 25.1 Å². The van der Waals surface area contributed by atoms with Crippen molar-refractivity contribution in [1.82, 2.24) is 4.90 Å². The maximum Gasteiger partial charge on any atom is 0.151 e. The molecule has 0 saturated carbocycles. The molecule has 1 heterocycles. The number of aryl methyl sites for hydroxylation is 1. The van der Waals surface area contributed by atoms with Gasteiger partial charge in [-0.15, -0.1) is 0 Å². The smallest absolute Gasteiger partial charge is 0.151 e. The number of sulfone groups is 1. The Balaban J connectivity index is 2.21. The largest absolute Gasteiger partial charge is 0.329 e. The van der Waals surface area contributed by atoms with Crippen LogP contribution in [-0.4, -0.2) is 44.5 Å². The lowest BCUT2D eigenvalue weighted by Crippen LogP contribution is -2.39. The third-order valence-electron chi connectivity index (χ3n) is 4.08. The summed E-state index contributed by atoms with van der Waals surface area (Å²) in [5.74, 6) is 0.532. The quantitative estimate of drug-likeness (QED) is 0.890. The summed E-state index contributed by atoms with van der Waals surface area (Å²) < 4.78 is 24.3. The van der Waals surface area contributed by atoms with Gasteiger partial charge in [0.25, 0.3) is 0 Å². The minimum atomic E-state index is -2.87. The van der Waals surface area contributed by atoms with Crippen molar-refractivity contribution < 1.29 is 8.42 Å². The van der Waals surface area contributed by atoms with E-state index < -0.39 is 9.84 Å². The van der Waals surface area contributed by atoms with E-state index >= 15 is 0 Å². The number of hydrogen-bond acceptors (Lipinski definition) is 4. The molecule has 6 heteroatoms. The fraction of sp³-hybridized carbons (Fsp3) is 0.571. The Morgan fingerprint density at radius 2 is 2.20 bits per heavy atom. The Morgan fingerprint density at radius 3 is 2.70 bits per heavy atom. The van der Waals surface area contributed by atoms with Gasteiger partial charge in [-0.05, 0) is 37.6 Å².